The van der Waals surface area contributed by atoms with Crippen LogP contribution in [0.25, 0.3) is 0 Å². The Morgan fingerprint density at radius 2 is 2.20 bits per heavy atom. The number of ether oxygens (including phenoxy) is 2. The molecule has 5 heteroatoms. The molecule has 0 aromatic heterocycles. The van der Waals surface area contributed by atoms with Crippen LogP contribution >= 0.6 is 0 Å². The van der Waals surface area contributed by atoms with E-state index in [0.29, 0.717) is 6.29 Å². The molecule has 0 radical (unpaired) electrons. The van der Waals surface area contributed by atoms with Gasteiger partial charge in [-0.25, -0.2) is 4.79 Å². The molecule has 0 aromatic rings. The van der Waals surface area contributed by atoms with Crippen LogP contribution in [0, 0.1) is 0 Å². The van der Waals surface area contributed by atoms with Crippen molar-refractivity contribution in [3.63, 3.8) is 0 Å². The summed E-state index contributed by atoms with van der Waals surface area (Å²) in [6.45, 7) is 0.299. The van der Waals surface area contributed by atoms with Crippen LogP contribution < -0.4 is 5.73 Å². The minimum atomic E-state index is -0.838. The van der Waals surface area contributed by atoms with Gasteiger partial charge in [0.25, 0.3) is 0 Å². The zero-order chi connectivity index (χ0) is 7.82. The molecule has 10 heavy (non-hydrogen) atoms. The maximum Gasteiger partial charge on any atom is 0.404 e. The molecule has 0 aromatic carbocycles. The van der Waals surface area contributed by atoms with Crippen LogP contribution in [0.5, 0.6) is 0 Å². The quantitative estimate of drug-likeness (QED) is 0.412. The Labute approximate surface area is 58.1 Å². The Balaban J connectivity index is 2.90. The van der Waals surface area contributed by atoms with Gasteiger partial charge in [0.2, 0.25) is 0 Å². The molecule has 5 nitrogen and oxygen atoms in total. The second kappa shape index (κ2) is 6.03. The number of hydrogen-bond donors (Lipinski definition) is 1. The van der Waals surface area contributed by atoms with E-state index in [2.05, 4.69) is 15.2 Å². The van der Waals surface area contributed by atoms with E-state index in [1.165, 1.54) is 0 Å². The Morgan fingerprint density at radius 1 is 1.50 bits per heavy atom. The van der Waals surface area contributed by atoms with Crippen LogP contribution in [0.3, 0.4) is 0 Å². The Morgan fingerprint density at radius 3 is 2.70 bits per heavy atom. The Kier molecular flexibility index (Phi) is 5.36. The highest BCUT2D eigenvalue weighted by molar-refractivity contribution is 5.64. The average Bonchev–Trinajstić information content (AvgIpc) is 1.87. The van der Waals surface area contributed by atoms with Crippen molar-refractivity contribution in [3.05, 3.63) is 0 Å². The van der Waals surface area contributed by atoms with Crippen LogP contribution in [0.4, 0.5) is 4.79 Å². The molecule has 0 spiro atoms. The SMILES string of the molecule is NC(=O)OCCOCC=O. The van der Waals surface area contributed by atoms with Crippen molar-refractivity contribution in [2.24, 2.45) is 5.73 Å². The zero-order valence-electron chi connectivity index (χ0n) is 5.41. The standard InChI is InChI=1S/C5H9NO4/c6-5(8)10-4-3-9-2-1-7/h1H,2-4H2,(H2,6,8). The van der Waals surface area contributed by atoms with Gasteiger partial charge in [0.05, 0.1) is 6.61 Å². The van der Waals surface area contributed by atoms with Gasteiger partial charge in [0.15, 0.2) is 0 Å². The van der Waals surface area contributed by atoms with E-state index in [-0.39, 0.29) is 19.8 Å². The molecule has 0 unspecified atom stereocenters. The first-order valence-electron chi connectivity index (χ1n) is 2.71. The van der Waals surface area contributed by atoms with Gasteiger partial charge in [-0.05, 0) is 0 Å². The lowest BCUT2D eigenvalue weighted by atomic mass is 10.7. The maximum absolute atomic E-state index is 9.91. The van der Waals surface area contributed by atoms with Gasteiger partial charge in [0, 0.05) is 0 Å². The van der Waals surface area contributed by atoms with Crippen molar-refractivity contribution in [2.45, 2.75) is 0 Å². The van der Waals surface area contributed by atoms with Crippen molar-refractivity contribution >= 4 is 12.4 Å². The topological polar surface area (TPSA) is 78.6 Å². The normalized spacial score (nSPS) is 8.80. The third kappa shape index (κ3) is 6.90. The number of carbonyl (C=O) groups is 2. The first-order valence-corrected chi connectivity index (χ1v) is 2.71. The summed E-state index contributed by atoms with van der Waals surface area (Å²) in [6, 6.07) is 0. The van der Waals surface area contributed by atoms with E-state index in [1.807, 2.05) is 0 Å². The number of hydrogen-bond acceptors (Lipinski definition) is 4. The Bertz CT molecular complexity index is 114. The van der Waals surface area contributed by atoms with Gasteiger partial charge in [-0.1, -0.05) is 0 Å². The fourth-order valence-corrected chi connectivity index (χ4v) is 0.333. The van der Waals surface area contributed by atoms with Gasteiger partial charge in [0.1, 0.15) is 19.5 Å². The molecule has 58 valence electrons. The maximum atomic E-state index is 9.91. The average molecular weight is 147 g/mol. The summed E-state index contributed by atoms with van der Waals surface area (Å²) in [4.78, 5) is 19.6. The van der Waals surface area contributed by atoms with E-state index >= 15 is 0 Å². The lowest BCUT2D eigenvalue weighted by Gasteiger charge is -1.99. The van der Waals surface area contributed by atoms with Crippen molar-refractivity contribution in [1.82, 2.24) is 0 Å². The molecule has 0 fully saturated rings. The molecule has 0 aliphatic rings. The molecular weight excluding hydrogens is 138 g/mol. The molecule has 0 aliphatic carbocycles. The van der Waals surface area contributed by atoms with Crippen molar-refractivity contribution < 1.29 is 19.1 Å². The number of primary amides is 1. The van der Waals surface area contributed by atoms with Crippen LogP contribution in [-0.2, 0) is 14.3 Å². The largest absolute Gasteiger partial charge is 0.447 e. The van der Waals surface area contributed by atoms with E-state index in [1.54, 1.807) is 0 Å². The van der Waals surface area contributed by atoms with E-state index in [9.17, 15) is 9.59 Å². The summed E-state index contributed by atoms with van der Waals surface area (Å²) in [5, 5.41) is 0. The first kappa shape index (κ1) is 8.90. The molecule has 0 atom stereocenters. The predicted molar refractivity (Wildman–Crippen MR) is 32.4 cm³/mol. The minimum absolute atomic E-state index is 0.0160. The van der Waals surface area contributed by atoms with Crippen molar-refractivity contribution in [2.75, 3.05) is 19.8 Å². The third-order valence-corrected chi connectivity index (χ3v) is 0.658. The number of aldehydes is 1. The highest BCUT2D eigenvalue weighted by atomic mass is 16.6. The molecular formula is C5H9NO4. The van der Waals surface area contributed by atoms with Crippen LogP contribution in [0.1, 0.15) is 0 Å². The fraction of sp³-hybridized carbons (Fsp3) is 0.600. The molecule has 0 aliphatic heterocycles. The Hall–Kier alpha value is -1.10. The van der Waals surface area contributed by atoms with Gasteiger partial charge in [-0.3, -0.25) is 0 Å². The minimum Gasteiger partial charge on any atom is -0.447 e. The van der Waals surface area contributed by atoms with E-state index in [4.69, 9.17) is 0 Å². The van der Waals surface area contributed by atoms with Crippen LogP contribution in [-0.4, -0.2) is 32.2 Å². The highest BCUT2D eigenvalue weighted by Gasteiger charge is 1.91. The summed E-state index contributed by atoms with van der Waals surface area (Å²) in [6.07, 6.45) is -0.223. The van der Waals surface area contributed by atoms with Crippen LogP contribution in [0.2, 0.25) is 0 Å². The van der Waals surface area contributed by atoms with Gasteiger partial charge >= 0.3 is 6.09 Å². The zero-order valence-corrected chi connectivity index (χ0v) is 5.41. The summed E-state index contributed by atoms with van der Waals surface area (Å²) in [5.74, 6) is 0. The molecule has 2 N–H and O–H groups in total. The van der Waals surface area contributed by atoms with Gasteiger partial charge in [-0.15, -0.1) is 0 Å². The molecule has 1 amide bonds. The number of amides is 1. The molecule has 0 rings (SSSR count). The van der Waals surface area contributed by atoms with E-state index < -0.39 is 6.09 Å². The molecule has 0 saturated heterocycles. The van der Waals surface area contributed by atoms with Gasteiger partial charge in [-0.2, -0.15) is 0 Å². The lowest BCUT2D eigenvalue weighted by molar-refractivity contribution is -0.112. The van der Waals surface area contributed by atoms with E-state index in [0.717, 1.165) is 0 Å². The second-order valence-electron chi connectivity index (χ2n) is 1.41. The predicted octanol–water partition coefficient (Wildman–Crippen LogP) is -0.703. The highest BCUT2D eigenvalue weighted by Crippen LogP contribution is 1.75. The van der Waals surface area contributed by atoms with Gasteiger partial charge < -0.3 is 20.0 Å². The smallest absolute Gasteiger partial charge is 0.404 e. The second-order valence-corrected chi connectivity index (χ2v) is 1.41. The number of nitrogens with two attached hydrogens (primary N) is 1. The number of carbonyl (C=O) groups excluding carboxylic acids is 2. The lowest BCUT2D eigenvalue weighted by Crippen LogP contribution is -2.16. The number of rotatable bonds is 5. The van der Waals surface area contributed by atoms with Crippen molar-refractivity contribution in [1.29, 1.82) is 0 Å². The molecule has 0 heterocycles. The summed E-state index contributed by atoms with van der Waals surface area (Å²) in [5.41, 5.74) is 4.62. The monoisotopic (exact) mass is 147 g/mol. The summed E-state index contributed by atoms with van der Waals surface area (Å²) in [7, 11) is 0. The first-order chi connectivity index (χ1) is 4.77. The summed E-state index contributed by atoms with van der Waals surface area (Å²) >= 11 is 0. The van der Waals surface area contributed by atoms with Crippen LogP contribution in [0.15, 0.2) is 0 Å². The molecule has 0 bridgehead atoms. The third-order valence-electron chi connectivity index (χ3n) is 0.658. The fourth-order valence-electron chi connectivity index (χ4n) is 0.333. The van der Waals surface area contributed by atoms with Crippen molar-refractivity contribution in [3.8, 4) is 0 Å². The molecule has 0 saturated carbocycles. The summed E-state index contributed by atoms with van der Waals surface area (Å²) < 4.78 is 8.92.